The van der Waals surface area contributed by atoms with Crippen LogP contribution in [0.2, 0.25) is 0 Å². The van der Waals surface area contributed by atoms with Crippen molar-refractivity contribution in [3.8, 4) is 5.75 Å². The Balaban J connectivity index is 1.72. The number of para-hydroxylation sites is 2. The Kier molecular flexibility index (Phi) is 6.40. The molecule has 0 radical (unpaired) electrons. The molecule has 3 rings (SSSR count). The topological polar surface area (TPSA) is 87.7 Å². The fraction of sp³-hybridized carbons (Fsp3) is 0.348. The molecule has 1 heterocycles. The lowest BCUT2D eigenvalue weighted by molar-refractivity contribution is -0.133. The second-order valence-corrected chi connectivity index (χ2v) is 7.37. The number of nitrogens with one attached hydrogen (secondary N) is 2. The lowest BCUT2D eigenvalue weighted by Crippen LogP contribution is -2.42. The van der Waals surface area contributed by atoms with Crippen molar-refractivity contribution in [2.75, 3.05) is 18.5 Å². The molecule has 0 aromatic heterocycles. The molecular weight excluding hydrogens is 382 g/mol. The fourth-order valence-electron chi connectivity index (χ4n) is 3.51. The summed E-state index contributed by atoms with van der Waals surface area (Å²) in [5.41, 5.74) is 1.15. The van der Waals surface area contributed by atoms with Gasteiger partial charge in [0.15, 0.2) is 0 Å². The van der Waals surface area contributed by atoms with Crippen molar-refractivity contribution in [1.82, 2.24) is 10.2 Å². The number of amides is 4. The van der Waals surface area contributed by atoms with Crippen LogP contribution < -0.4 is 15.4 Å². The van der Waals surface area contributed by atoms with E-state index in [9.17, 15) is 14.4 Å². The van der Waals surface area contributed by atoms with Crippen molar-refractivity contribution in [2.45, 2.75) is 39.2 Å². The Morgan fingerprint density at radius 3 is 2.47 bits per heavy atom. The summed E-state index contributed by atoms with van der Waals surface area (Å²) >= 11 is 0. The first-order chi connectivity index (χ1) is 14.4. The van der Waals surface area contributed by atoms with Gasteiger partial charge in [-0.2, -0.15) is 0 Å². The highest BCUT2D eigenvalue weighted by Gasteiger charge is 2.49. The minimum Gasteiger partial charge on any atom is -0.492 e. The average molecular weight is 409 g/mol. The van der Waals surface area contributed by atoms with Crippen molar-refractivity contribution in [2.24, 2.45) is 0 Å². The summed E-state index contributed by atoms with van der Waals surface area (Å²) in [6, 6.07) is 14.1. The predicted molar refractivity (Wildman–Crippen MR) is 114 cm³/mol. The molecule has 2 aromatic carbocycles. The molecule has 2 N–H and O–H groups in total. The van der Waals surface area contributed by atoms with Gasteiger partial charge in [0, 0.05) is 0 Å². The summed E-state index contributed by atoms with van der Waals surface area (Å²) in [5, 5.41) is 5.45. The van der Waals surface area contributed by atoms with Gasteiger partial charge in [0.1, 0.15) is 17.8 Å². The standard InChI is InChI=1S/C23H27N3O4/c1-4-8-16-11-13-17(14-12-16)23(3)21(28)26(22(29)25-23)15-20(27)24-18-9-6-7-10-19(18)30-5-2/h6-7,9-14H,4-5,8,15H2,1-3H3,(H,24,27)(H,25,29)/t23-/m0/s1. The maximum atomic E-state index is 13.0. The number of rotatable bonds is 8. The van der Waals surface area contributed by atoms with Crippen LogP contribution in [0.1, 0.15) is 38.3 Å². The Hall–Kier alpha value is -3.35. The average Bonchev–Trinajstić information content (AvgIpc) is 2.94. The molecule has 4 amide bonds. The summed E-state index contributed by atoms with van der Waals surface area (Å²) in [6.07, 6.45) is 1.98. The van der Waals surface area contributed by atoms with Gasteiger partial charge in [-0.25, -0.2) is 4.79 Å². The molecule has 7 heteroatoms. The van der Waals surface area contributed by atoms with Gasteiger partial charge < -0.3 is 15.4 Å². The number of nitrogens with zero attached hydrogens (tertiary/aromatic N) is 1. The maximum Gasteiger partial charge on any atom is 0.325 e. The van der Waals surface area contributed by atoms with E-state index in [1.54, 1.807) is 31.2 Å². The highest BCUT2D eigenvalue weighted by Crippen LogP contribution is 2.29. The largest absolute Gasteiger partial charge is 0.492 e. The van der Waals surface area contributed by atoms with Crippen molar-refractivity contribution in [3.63, 3.8) is 0 Å². The molecule has 0 saturated carbocycles. The number of ether oxygens (including phenoxy) is 1. The van der Waals surface area contributed by atoms with Gasteiger partial charge in [0.25, 0.3) is 5.91 Å². The molecule has 0 aliphatic carbocycles. The number of anilines is 1. The molecule has 0 spiro atoms. The van der Waals surface area contributed by atoms with E-state index in [2.05, 4.69) is 17.6 Å². The smallest absolute Gasteiger partial charge is 0.325 e. The minimum absolute atomic E-state index is 0.380. The zero-order chi connectivity index (χ0) is 21.7. The van der Waals surface area contributed by atoms with Crippen LogP contribution in [0, 0.1) is 0 Å². The van der Waals surface area contributed by atoms with Crippen LogP contribution in [0.5, 0.6) is 5.75 Å². The van der Waals surface area contributed by atoms with Gasteiger partial charge in [0.2, 0.25) is 5.91 Å². The number of carbonyl (C=O) groups is 3. The van der Waals surface area contributed by atoms with Crippen LogP contribution in [0.3, 0.4) is 0 Å². The molecule has 30 heavy (non-hydrogen) atoms. The molecule has 1 saturated heterocycles. The normalized spacial score (nSPS) is 18.3. The molecule has 158 valence electrons. The zero-order valence-electron chi connectivity index (χ0n) is 17.5. The van der Waals surface area contributed by atoms with E-state index >= 15 is 0 Å². The highest BCUT2D eigenvalue weighted by molar-refractivity contribution is 6.10. The van der Waals surface area contributed by atoms with E-state index < -0.39 is 23.4 Å². The third kappa shape index (κ3) is 4.30. The molecule has 1 fully saturated rings. The van der Waals surface area contributed by atoms with Crippen LogP contribution in [-0.4, -0.2) is 35.9 Å². The Morgan fingerprint density at radius 1 is 1.10 bits per heavy atom. The lowest BCUT2D eigenvalue weighted by atomic mass is 9.91. The molecule has 0 unspecified atom stereocenters. The number of imide groups is 1. The van der Waals surface area contributed by atoms with E-state index in [1.807, 2.05) is 31.2 Å². The Morgan fingerprint density at radius 2 is 1.80 bits per heavy atom. The van der Waals surface area contributed by atoms with Gasteiger partial charge >= 0.3 is 6.03 Å². The van der Waals surface area contributed by atoms with Gasteiger partial charge in [0.05, 0.1) is 12.3 Å². The molecule has 1 aliphatic rings. The molecular formula is C23H27N3O4. The van der Waals surface area contributed by atoms with Gasteiger partial charge in [-0.3, -0.25) is 14.5 Å². The van der Waals surface area contributed by atoms with Crippen LogP contribution in [0.25, 0.3) is 0 Å². The van der Waals surface area contributed by atoms with E-state index in [4.69, 9.17) is 4.74 Å². The second kappa shape index (κ2) is 8.98. The SMILES string of the molecule is CCCc1ccc([C@]2(C)NC(=O)N(CC(=O)Nc3ccccc3OCC)C2=O)cc1. The Labute approximate surface area is 176 Å². The van der Waals surface area contributed by atoms with Crippen LogP contribution in [-0.2, 0) is 21.5 Å². The number of hydrogen-bond acceptors (Lipinski definition) is 4. The number of carbonyl (C=O) groups excluding carboxylic acids is 3. The van der Waals surface area contributed by atoms with E-state index in [-0.39, 0.29) is 6.54 Å². The number of hydrogen-bond donors (Lipinski definition) is 2. The first-order valence-electron chi connectivity index (χ1n) is 10.1. The molecule has 1 aliphatic heterocycles. The molecule has 1 atom stereocenters. The number of aryl methyl sites for hydroxylation is 1. The third-order valence-electron chi connectivity index (χ3n) is 5.11. The van der Waals surface area contributed by atoms with Gasteiger partial charge in [-0.15, -0.1) is 0 Å². The van der Waals surface area contributed by atoms with Gasteiger partial charge in [-0.05, 0) is 43.5 Å². The van der Waals surface area contributed by atoms with E-state index in [0.717, 1.165) is 17.7 Å². The molecule has 2 aromatic rings. The summed E-state index contributed by atoms with van der Waals surface area (Å²) in [4.78, 5) is 39.0. The first kappa shape index (κ1) is 21.4. The summed E-state index contributed by atoms with van der Waals surface area (Å²) in [5.74, 6) is -0.403. The van der Waals surface area contributed by atoms with Crippen molar-refractivity contribution < 1.29 is 19.1 Å². The number of urea groups is 1. The highest BCUT2D eigenvalue weighted by atomic mass is 16.5. The van der Waals surface area contributed by atoms with E-state index in [1.165, 1.54) is 5.56 Å². The van der Waals surface area contributed by atoms with Crippen molar-refractivity contribution >= 4 is 23.5 Å². The lowest BCUT2D eigenvalue weighted by Gasteiger charge is -2.22. The predicted octanol–water partition coefficient (Wildman–Crippen LogP) is 3.44. The van der Waals surface area contributed by atoms with Crippen LogP contribution in [0.15, 0.2) is 48.5 Å². The van der Waals surface area contributed by atoms with Crippen LogP contribution in [0.4, 0.5) is 10.5 Å². The first-order valence-corrected chi connectivity index (χ1v) is 10.1. The summed E-state index contributed by atoms with van der Waals surface area (Å²) < 4.78 is 5.49. The molecule has 0 bridgehead atoms. The quantitative estimate of drug-likeness (QED) is 0.654. The fourth-order valence-corrected chi connectivity index (χ4v) is 3.51. The van der Waals surface area contributed by atoms with Crippen molar-refractivity contribution in [3.05, 3.63) is 59.7 Å². The van der Waals surface area contributed by atoms with Crippen LogP contribution >= 0.6 is 0 Å². The number of benzene rings is 2. The van der Waals surface area contributed by atoms with Crippen molar-refractivity contribution in [1.29, 1.82) is 0 Å². The van der Waals surface area contributed by atoms with Gasteiger partial charge in [-0.1, -0.05) is 49.7 Å². The summed E-state index contributed by atoms with van der Waals surface area (Å²) in [6.45, 7) is 5.68. The summed E-state index contributed by atoms with van der Waals surface area (Å²) in [7, 11) is 0. The maximum absolute atomic E-state index is 13.0. The van der Waals surface area contributed by atoms with E-state index in [0.29, 0.717) is 23.6 Å². The Bertz CT molecular complexity index is 942. The zero-order valence-corrected chi connectivity index (χ0v) is 17.5. The monoisotopic (exact) mass is 409 g/mol. The third-order valence-corrected chi connectivity index (χ3v) is 5.11. The minimum atomic E-state index is -1.20. The molecule has 7 nitrogen and oxygen atoms in total. The second-order valence-electron chi connectivity index (χ2n) is 7.37.